The maximum absolute atomic E-state index is 13.3. The second-order valence-corrected chi connectivity index (χ2v) is 9.65. The van der Waals surface area contributed by atoms with E-state index in [9.17, 15) is 9.59 Å². The molecule has 8 nitrogen and oxygen atoms in total. The van der Waals surface area contributed by atoms with E-state index in [1.165, 1.54) is 12.8 Å². The van der Waals surface area contributed by atoms with Crippen LogP contribution in [0.1, 0.15) is 48.0 Å². The number of nitrogens with zero attached hydrogens (tertiary/aromatic N) is 2. The van der Waals surface area contributed by atoms with Gasteiger partial charge >= 0.3 is 0 Å². The number of rotatable bonds is 7. The largest absolute Gasteiger partial charge is 0.484 e. The minimum absolute atomic E-state index is 0.0271. The molecule has 1 saturated heterocycles. The summed E-state index contributed by atoms with van der Waals surface area (Å²) in [6.45, 7) is 6.83. The Kier molecular flexibility index (Phi) is 10.8. The molecule has 0 atom stereocenters. The molecule has 2 amide bonds. The fraction of sp³-hybridized carbons (Fsp3) is 0.517. The zero-order chi connectivity index (χ0) is 25.7. The lowest BCUT2D eigenvalue weighted by Gasteiger charge is -2.27. The molecule has 4 rings (SSSR count). The molecule has 37 heavy (non-hydrogen) atoms. The van der Waals surface area contributed by atoms with Crippen molar-refractivity contribution in [2.75, 3.05) is 64.0 Å². The van der Waals surface area contributed by atoms with Gasteiger partial charge in [0.2, 0.25) is 0 Å². The molecule has 2 aromatic carbocycles. The van der Waals surface area contributed by atoms with E-state index in [4.69, 9.17) is 9.47 Å². The Hall–Kier alpha value is -2.94. The van der Waals surface area contributed by atoms with Crippen LogP contribution >= 0.6 is 0 Å². The topological polar surface area (TPSA) is 83.1 Å². The maximum Gasteiger partial charge on any atom is 0.264 e. The predicted octanol–water partition coefficient (Wildman–Crippen LogP) is 3.21. The van der Waals surface area contributed by atoms with E-state index in [1.807, 2.05) is 53.4 Å². The normalized spacial score (nSPS) is 17.7. The summed E-state index contributed by atoms with van der Waals surface area (Å²) < 4.78 is 11.2. The molecule has 2 aromatic rings. The van der Waals surface area contributed by atoms with E-state index in [0.717, 1.165) is 69.9 Å². The Morgan fingerprint density at radius 1 is 0.946 bits per heavy atom. The summed E-state index contributed by atoms with van der Waals surface area (Å²) in [6.07, 6.45) is 5.50. The molecule has 0 bridgehead atoms. The maximum atomic E-state index is 13.3. The third kappa shape index (κ3) is 8.55. The highest BCUT2D eigenvalue weighted by molar-refractivity contribution is 5.98. The summed E-state index contributed by atoms with van der Waals surface area (Å²) in [5.41, 5.74) is 2.41. The minimum atomic E-state index is -0.0903. The van der Waals surface area contributed by atoms with Crippen LogP contribution in [0.3, 0.4) is 0 Å². The number of amides is 2. The summed E-state index contributed by atoms with van der Waals surface area (Å²) in [4.78, 5) is 30.4. The van der Waals surface area contributed by atoms with Gasteiger partial charge in [-0.15, -0.1) is 0 Å². The highest BCUT2D eigenvalue weighted by Crippen LogP contribution is 2.25. The van der Waals surface area contributed by atoms with Crippen LogP contribution in [-0.4, -0.2) is 75.8 Å². The van der Waals surface area contributed by atoms with Gasteiger partial charge in [0.15, 0.2) is 6.61 Å². The Morgan fingerprint density at radius 2 is 1.73 bits per heavy atom. The zero-order valence-electron chi connectivity index (χ0n) is 21.8. The molecule has 2 N–H and O–H groups in total. The number of para-hydroxylation sites is 1. The summed E-state index contributed by atoms with van der Waals surface area (Å²) in [6, 6.07) is 15.1. The summed E-state index contributed by atoms with van der Waals surface area (Å²) in [7, 11) is 0. The van der Waals surface area contributed by atoms with Gasteiger partial charge in [-0.05, 0) is 55.3 Å². The van der Waals surface area contributed by atoms with Crippen LogP contribution < -0.4 is 20.3 Å². The number of morpholine rings is 1. The van der Waals surface area contributed by atoms with Gasteiger partial charge in [0.05, 0.1) is 13.2 Å². The van der Waals surface area contributed by atoms with Crippen LogP contribution in [0.4, 0.5) is 5.69 Å². The van der Waals surface area contributed by atoms with Crippen molar-refractivity contribution in [1.82, 2.24) is 15.5 Å². The Balaban J connectivity index is 1.46. The van der Waals surface area contributed by atoms with E-state index in [2.05, 4.69) is 15.5 Å². The first-order valence-electron chi connectivity index (χ1n) is 13.6. The number of nitrogens with one attached hydrogen (secondary N) is 2. The molecule has 200 valence electrons. The molecule has 0 radical (unpaired) electrons. The van der Waals surface area contributed by atoms with Gasteiger partial charge in [0.25, 0.3) is 11.8 Å². The first-order valence-corrected chi connectivity index (χ1v) is 13.6. The van der Waals surface area contributed by atoms with Crippen LogP contribution in [0.2, 0.25) is 0 Å². The molecule has 8 heteroatoms. The van der Waals surface area contributed by atoms with E-state index in [0.29, 0.717) is 30.9 Å². The molecule has 2 aliphatic heterocycles. The number of benzene rings is 2. The summed E-state index contributed by atoms with van der Waals surface area (Å²) in [5.74, 6) is 0.508. The minimum Gasteiger partial charge on any atom is -0.484 e. The van der Waals surface area contributed by atoms with Crippen molar-refractivity contribution in [3.8, 4) is 5.75 Å². The second-order valence-electron chi connectivity index (χ2n) is 9.65. The molecule has 0 aromatic heterocycles. The van der Waals surface area contributed by atoms with Crippen molar-refractivity contribution in [2.45, 2.75) is 38.6 Å². The number of carbonyl (C=O) groups excluding carboxylic acids is 2. The average Bonchev–Trinajstić information content (AvgIpc) is 2.93. The van der Waals surface area contributed by atoms with E-state index >= 15 is 0 Å². The van der Waals surface area contributed by atoms with Crippen LogP contribution in [0.25, 0.3) is 0 Å². The van der Waals surface area contributed by atoms with Gasteiger partial charge in [0, 0.05) is 50.5 Å². The first-order chi connectivity index (χ1) is 18.2. The molecule has 0 spiro atoms. The van der Waals surface area contributed by atoms with Crippen LogP contribution in [0, 0.1) is 0 Å². The molecule has 0 saturated carbocycles. The van der Waals surface area contributed by atoms with E-state index in [1.54, 1.807) is 0 Å². The lowest BCUT2D eigenvalue weighted by Crippen LogP contribution is -2.41. The number of anilines is 1. The van der Waals surface area contributed by atoms with Crippen molar-refractivity contribution < 1.29 is 19.1 Å². The summed E-state index contributed by atoms with van der Waals surface area (Å²) >= 11 is 0. The molecular weight excluding hydrogens is 468 g/mol. The van der Waals surface area contributed by atoms with Crippen molar-refractivity contribution in [3.63, 3.8) is 0 Å². The van der Waals surface area contributed by atoms with Crippen LogP contribution in [0.5, 0.6) is 5.75 Å². The fourth-order valence-electron chi connectivity index (χ4n) is 4.78. The van der Waals surface area contributed by atoms with Gasteiger partial charge in [-0.1, -0.05) is 37.5 Å². The lowest BCUT2D eigenvalue weighted by atomic mass is 10.0. The fourth-order valence-corrected chi connectivity index (χ4v) is 4.78. The van der Waals surface area contributed by atoms with Crippen molar-refractivity contribution in [2.24, 2.45) is 0 Å². The zero-order valence-corrected chi connectivity index (χ0v) is 21.8. The second kappa shape index (κ2) is 14.7. The first kappa shape index (κ1) is 27.1. The van der Waals surface area contributed by atoms with Crippen LogP contribution in [0.15, 0.2) is 48.5 Å². The molecule has 0 unspecified atom stereocenters. The Labute approximate surface area is 220 Å². The highest BCUT2D eigenvalue weighted by atomic mass is 16.5. The van der Waals surface area contributed by atoms with Crippen molar-refractivity contribution in [3.05, 3.63) is 59.7 Å². The number of hydrogen-bond donors (Lipinski definition) is 2. The summed E-state index contributed by atoms with van der Waals surface area (Å²) in [5, 5.41) is 6.56. The van der Waals surface area contributed by atoms with Gasteiger partial charge < -0.3 is 25.0 Å². The van der Waals surface area contributed by atoms with Gasteiger partial charge in [-0.3, -0.25) is 14.5 Å². The van der Waals surface area contributed by atoms with Crippen LogP contribution in [-0.2, 0) is 16.1 Å². The monoisotopic (exact) mass is 508 g/mol. The molecule has 2 heterocycles. The Bertz CT molecular complexity index is 995. The van der Waals surface area contributed by atoms with E-state index < -0.39 is 0 Å². The third-order valence-corrected chi connectivity index (χ3v) is 6.91. The predicted molar refractivity (Wildman–Crippen MR) is 145 cm³/mol. The number of ether oxygens (including phenoxy) is 2. The SMILES string of the molecule is O=C(NCCN1CCOCC1)c1ccc2c(c1)CNCCCCCCCN2C(=O)COc1ccccc1. The van der Waals surface area contributed by atoms with Gasteiger partial charge in [0.1, 0.15) is 5.75 Å². The lowest BCUT2D eigenvalue weighted by molar-refractivity contribution is -0.120. The number of fused-ring (bicyclic) bond motifs is 1. The Morgan fingerprint density at radius 3 is 2.57 bits per heavy atom. The van der Waals surface area contributed by atoms with Gasteiger partial charge in [-0.2, -0.15) is 0 Å². The number of hydrogen-bond acceptors (Lipinski definition) is 6. The van der Waals surface area contributed by atoms with Gasteiger partial charge in [-0.25, -0.2) is 0 Å². The van der Waals surface area contributed by atoms with Crippen molar-refractivity contribution in [1.29, 1.82) is 0 Å². The standard InChI is InChI=1S/C29H40N4O4/c34-28(23-37-26-9-5-4-6-10-26)33-15-8-3-1-2-7-13-30-22-25-21-24(11-12-27(25)33)29(35)31-14-16-32-17-19-36-20-18-32/h4-6,9-12,21,30H,1-3,7-8,13-20,22-23H2,(H,31,35). The molecule has 2 aliphatic rings. The molecule has 0 aliphatic carbocycles. The number of carbonyl (C=O) groups is 2. The molecule has 1 fully saturated rings. The van der Waals surface area contributed by atoms with E-state index in [-0.39, 0.29) is 18.4 Å². The molecular formula is C29H40N4O4. The average molecular weight is 509 g/mol. The highest BCUT2D eigenvalue weighted by Gasteiger charge is 2.21. The third-order valence-electron chi connectivity index (χ3n) is 6.91. The van der Waals surface area contributed by atoms with Crippen molar-refractivity contribution >= 4 is 17.5 Å². The smallest absolute Gasteiger partial charge is 0.264 e. The quantitative estimate of drug-likeness (QED) is 0.598.